The van der Waals surface area contributed by atoms with Crippen LogP contribution in [0.1, 0.15) is 59.3 Å². The molecule has 3 N–H and O–H groups in total. The van der Waals surface area contributed by atoms with Gasteiger partial charge in [0, 0.05) is 29.3 Å². The molecular weight excluding hydrogens is 465 g/mol. The Morgan fingerprint density at radius 2 is 1.94 bits per heavy atom. The van der Waals surface area contributed by atoms with Gasteiger partial charge in [-0.05, 0) is 49.6 Å². The van der Waals surface area contributed by atoms with Crippen molar-refractivity contribution in [2.45, 2.75) is 43.6 Å². The van der Waals surface area contributed by atoms with E-state index in [0.29, 0.717) is 21.8 Å². The molecule has 4 rings (SSSR count). The maximum Gasteiger partial charge on any atom is 0.254 e. The Kier molecular flexibility index (Phi) is 6.79. The zero-order valence-corrected chi connectivity index (χ0v) is 19.0. The molecule has 1 fully saturated rings. The van der Waals surface area contributed by atoms with Crippen molar-refractivity contribution in [3.05, 3.63) is 83.2 Å². The molecule has 0 saturated heterocycles. The van der Waals surface area contributed by atoms with Crippen molar-refractivity contribution in [2.75, 3.05) is 5.73 Å². The number of rotatable bonds is 5. The van der Waals surface area contributed by atoms with Gasteiger partial charge in [0.1, 0.15) is 17.3 Å². The van der Waals surface area contributed by atoms with Gasteiger partial charge in [0.2, 0.25) is 5.92 Å². The molecule has 2 aromatic carbocycles. The molecule has 5 nitrogen and oxygen atoms in total. The fourth-order valence-electron chi connectivity index (χ4n) is 4.05. The molecule has 0 spiro atoms. The third-order valence-corrected chi connectivity index (χ3v) is 6.23. The van der Waals surface area contributed by atoms with Crippen LogP contribution < -0.4 is 11.1 Å². The zero-order chi connectivity index (χ0) is 24.5. The summed E-state index contributed by atoms with van der Waals surface area (Å²) < 4.78 is 41.9. The second-order valence-electron chi connectivity index (χ2n) is 8.43. The monoisotopic (exact) mass is 487 g/mol. The SMILES string of the molecule is [CH2][C@H](NC(=O)c1ccc(-c2nc(C3CCC(F)(F)CC3)cnc2N)cc1F)c1cccc(Cl)c1. The Morgan fingerprint density at radius 1 is 1.21 bits per heavy atom. The lowest BCUT2D eigenvalue weighted by Crippen LogP contribution is -2.27. The molecule has 1 heterocycles. The van der Waals surface area contributed by atoms with E-state index in [0.717, 1.165) is 6.07 Å². The van der Waals surface area contributed by atoms with Gasteiger partial charge in [-0.1, -0.05) is 29.8 Å². The van der Waals surface area contributed by atoms with Crippen molar-refractivity contribution in [2.24, 2.45) is 0 Å². The Hall–Kier alpha value is -3.13. The first-order valence-corrected chi connectivity index (χ1v) is 11.2. The van der Waals surface area contributed by atoms with Crippen LogP contribution in [0.2, 0.25) is 5.02 Å². The standard InChI is InChI=1S/C25H23ClF3N4O/c1-14(16-3-2-4-18(26)11-16)32-24(34)19-6-5-17(12-20(19)27)22-23(30)31-13-21(33-22)15-7-9-25(28,29)10-8-15/h2-6,11-15H,1,7-10H2,(H2,30,31)(H,32,34)/t14-/m0/s1. The Balaban J connectivity index is 1.53. The lowest BCUT2D eigenvalue weighted by molar-refractivity contribution is -0.0385. The number of carbonyl (C=O) groups excluding carboxylic acids is 1. The van der Waals surface area contributed by atoms with Crippen molar-refractivity contribution < 1.29 is 18.0 Å². The van der Waals surface area contributed by atoms with E-state index in [4.69, 9.17) is 17.3 Å². The fourth-order valence-corrected chi connectivity index (χ4v) is 4.25. The minimum atomic E-state index is -2.65. The molecule has 1 saturated carbocycles. The predicted molar refractivity (Wildman–Crippen MR) is 125 cm³/mol. The highest BCUT2D eigenvalue weighted by atomic mass is 35.5. The third kappa shape index (κ3) is 5.33. The number of halogens is 4. The van der Waals surface area contributed by atoms with Crippen LogP contribution in [-0.2, 0) is 0 Å². The van der Waals surface area contributed by atoms with Gasteiger partial charge in [0.25, 0.3) is 5.91 Å². The van der Waals surface area contributed by atoms with Gasteiger partial charge in [-0.3, -0.25) is 4.79 Å². The number of amides is 1. The van der Waals surface area contributed by atoms with Crippen LogP contribution in [0.5, 0.6) is 0 Å². The maximum absolute atomic E-state index is 14.9. The number of alkyl halides is 2. The summed E-state index contributed by atoms with van der Waals surface area (Å²) >= 11 is 5.97. The number of nitrogen functional groups attached to an aromatic ring is 1. The molecule has 1 atom stereocenters. The number of anilines is 1. The third-order valence-electron chi connectivity index (χ3n) is 6.00. The second kappa shape index (κ2) is 9.62. The number of carbonyl (C=O) groups is 1. The number of hydrogen-bond acceptors (Lipinski definition) is 4. The molecule has 0 aliphatic heterocycles. The summed E-state index contributed by atoms with van der Waals surface area (Å²) in [5.74, 6) is -4.14. The highest BCUT2D eigenvalue weighted by molar-refractivity contribution is 6.30. The lowest BCUT2D eigenvalue weighted by Gasteiger charge is -2.27. The summed E-state index contributed by atoms with van der Waals surface area (Å²) in [6.45, 7) is 3.89. The molecule has 0 unspecified atom stereocenters. The molecular formula is C25H23ClF3N4O. The van der Waals surface area contributed by atoms with E-state index < -0.39 is 23.7 Å². The summed E-state index contributed by atoms with van der Waals surface area (Å²) in [4.78, 5) is 21.3. The van der Waals surface area contributed by atoms with E-state index >= 15 is 0 Å². The highest BCUT2D eigenvalue weighted by Crippen LogP contribution is 2.40. The van der Waals surface area contributed by atoms with Crippen LogP contribution in [0.15, 0.2) is 48.7 Å². The average molecular weight is 488 g/mol. The smallest absolute Gasteiger partial charge is 0.254 e. The number of nitrogens with one attached hydrogen (secondary N) is 1. The van der Waals surface area contributed by atoms with Crippen LogP contribution in [-0.4, -0.2) is 21.8 Å². The summed E-state index contributed by atoms with van der Waals surface area (Å²) in [7, 11) is 0. The predicted octanol–water partition coefficient (Wildman–Crippen LogP) is 6.12. The fraction of sp³-hybridized carbons (Fsp3) is 0.280. The second-order valence-corrected chi connectivity index (χ2v) is 8.87. The summed E-state index contributed by atoms with van der Waals surface area (Å²) in [6, 6.07) is 10.2. The average Bonchev–Trinajstić information content (AvgIpc) is 2.79. The molecule has 1 aliphatic carbocycles. The number of benzene rings is 2. The van der Waals surface area contributed by atoms with E-state index in [9.17, 15) is 18.0 Å². The van der Waals surface area contributed by atoms with Gasteiger partial charge < -0.3 is 11.1 Å². The van der Waals surface area contributed by atoms with Gasteiger partial charge in [0.05, 0.1) is 23.5 Å². The van der Waals surface area contributed by atoms with Gasteiger partial charge >= 0.3 is 0 Å². The molecule has 1 aliphatic rings. The van der Waals surface area contributed by atoms with Gasteiger partial charge in [-0.15, -0.1) is 0 Å². The summed E-state index contributed by atoms with van der Waals surface area (Å²) in [5.41, 5.74) is 7.61. The Labute approximate surface area is 200 Å². The van der Waals surface area contributed by atoms with Crippen molar-refractivity contribution in [3.63, 3.8) is 0 Å². The molecule has 1 aromatic heterocycles. The van der Waals surface area contributed by atoms with Crippen LogP contribution >= 0.6 is 11.6 Å². The van der Waals surface area contributed by atoms with Crippen molar-refractivity contribution in [1.29, 1.82) is 0 Å². The molecule has 177 valence electrons. The zero-order valence-electron chi connectivity index (χ0n) is 18.2. The Bertz CT molecular complexity index is 1210. The van der Waals surface area contributed by atoms with E-state index in [-0.39, 0.29) is 48.7 Å². The Morgan fingerprint density at radius 3 is 2.62 bits per heavy atom. The number of nitrogens with zero attached hydrogens (tertiary/aromatic N) is 2. The first-order chi connectivity index (χ1) is 16.1. The number of aromatic nitrogens is 2. The van der Waals surface area contributed by atoms with Crippen molar-refractivity contribution in [3.8, 4) is 11.3 Å². The largest absolute Gasteiger partial charge is 0.382 e. The van der Waals surface area contributed by atoms with Crippen LogP contribution in [0.4, 0.5) is 19.0 Å². The quantitative estimate of drug-likeness (QED) is 0.454. The topological polar surface area (TPSA) is 80.9 Å². The molecule has 9 heteroatoms. The first-order valence-electron chi connectivity index (χ1n) is 10.8. The summed E-state index contributed by atoms with van der Waals surface area (Å²) in [6.07, 6.45) is 1.64. The van der Waals surface area contributed by atoms with Gasteiger partial charge in [0.15, 0.2) is 0 Å². The van der Waals surface area contributed by atoms with E-state index in [1.165, 1.54) is 18.3 Å². The number of nitrogens with two attached hydrogens (primary N) is 1. The van der Waals surface area contributed by atoms with Gasteiger partial charge in [-0.2, -0.15) is 0 Å². The molecule has 0 bridgehead atoms. The summed E-state index contributed by atoms with van der Waals surface area (Å²) in [5, 5.41) is 3.15. The van der Waals surface area contributed by atoms with Crippen molar-refractivity contribution in [1.82, 2.24) is 15.3 Å². The molecule has 1 amide bonds. The van der Waals surface area contributed by atoms with Crippen LogP contribution in [0.3, 0.4) is 0 Å². The maximum atomic E-state index is 14.9. The van der Waals surface area contributed by atoms with Gasteiger partial charge in [-0.25, -0.2) is 23.1 Å². The first kappa shape index (κ1) is 24.0. The normalized spacial score (nSPS) is 16.7. The minimum absolute atomic E-state index is 0.0836. The minimum Gasteiger partial charge on any atom is -0.382 e. The molecule has 1 radical (unpaired) electrons. The molecule has 3 aromatic rings. The van der Waals surface area contributed by atoms with E-state index in [2.05, 4.69) is 22.2 Å². The van der Waals surface area contributed by atoms with Crippen molar-refractivity contribution >= 4 is 23.3 Å². The lowest BCUT2D eigenvalue weighted by atomic mass is 9.85. The van der Waals surface area contributed by atoms with E-state index in [1.807, 2.05) is 0 Å². The number of hydrogen-bond donors (Lipinski definition) is 2. The molecule has 34 heavy (non-hydrogen) atoms. The van der Waals surface area contributed by atoms with E-state index in [1.54, 1.807) is 24.3 Å². The van der Waals surface area contributed by atoms with Crippen LogP contribution in [0.25, 0.3) is 11.3 Å². The highest BCUT2D eigenvalue weighted by Gasteiger charge is 2.36. The van der Waals surface area contributed by atoms with Crippen LogP contribution in [0, 0.1) is 12.7 Å².